The van der Waals surface area contributed by atoms with Gasteiger partial charge >= 0.3 is 6.18 Å². The van der Waals surface area contributed by atoms with Crippen LogP contribution in [0.15, 0.2) is 30.6 Å². The number of hydrogen-bond acceptors (Lipinski definition) is 2. The van der Waals surface area contributed by atoms with Gasteiger partial charge in [0.2, 0.25) is 5.95 Å². The van der Waals surface area contributed by atoms with E-state index in [4.69, 9.17) is 0 Å². The molecule has 0 saturated heterocycles. The van der Waals surface area contributed by atoms with Crippen molar-refractivity contribution in [2.45, 2.75) is 12.7 Å². The zero-order chi connectivity index (χ0) is 12.5. The van der Waals surface area contributed by atoms with Gasteiger partial charge in [-0.15, -0.1) is 0 Å². The summed E-state index contributed by atoms with van der Waals surface area (Å²) < 4.78 is 50.9. The van der Waals surface area contributed by atoms with Gasteiger partial charge in [-0.2, -0.15) is 22.7 Å². The van der Waals surface area contributed by atoms with Gasteiger partial charge in [-0.3, -0.25) is 4.68 Å². The van der Waals surface area contributed by atoms with Gasteiger partial charge < -0.3 is 0 Å². The van der Waals surface area contributed by atoms with Crippen LogP contribution in [-0.4, -0.2) is 14.8 Å². The molecule has 0 aromatic carbocycles. The van der Waals surface area contributed by atoms with Gasteiger partial charge in [-0.25, -0.2) is 4.98 Å². The third kappa shape index (κ3) is 2.61. The van der Waals surface area contributed by atoms with Crippen LogP contribution in [0.3, 0.4) is 0 Å². The van der Waals surface area contributed by atoms with Crippen LogP contribution in [0.25, 0.3) is 0 Å². The molecular formula is C10H7F4N3. The predicted molar refractivity (Wildman–Crippen MR) is 50.5 cm³/mol. The molecule has 0 saturated carbocycles. The van der Waals surface area contributed by atoms with Crippen LogP contribution in [0.1, 0.15) is 11.3 Å². The van der Waals surface area contributed by atoms with E-state index in [0.717, 1.165) is 16.9 Å². The molecule has 0 fully saturated rings. The summed E-state index contributed by atoms with van der Waals surface area (Å²) in [7, 11) is 0. The van der Waals surface area contributed by atoms with Gasteiger partial charge in [0.25, 0.3) is 0 Å². The van der Waals surface area contributed by atoms with E-state index in [1.807, 2.05) is 0 Å². The Balaban J connectivity index is 2.21. The van der Waals surface area contributed by atoms with E-state index in [1.54, 1.807) is 0 Å². The van der Waals surface area contributed by atoms with E-state index in [9.17, 15) is 17.6 Å². The normalized spacial score (nSPS) is 11.8. The third-order valence-corrected chi connectivity index (χ3v) is 2.10. The maximum absolute atomic E-state index is 13.1. The van der Waals surface area contributed by atoms with E-state index in [-0.39, 0.29) is 12.1 Å². The summed E-state index contributed by atoms with van der Waals surface area (Å²) in [4.78, 5) is 3.40. The fourth-order valence-corrected chi connectivity index (χ4v) is 1.31. The summed E-state index contributed by atoms with van der Waals surface area (Å²) >= 11 is 0. The van der Waals surface area contributed by atoms with Gasteiger partial charge in [0, 0.05) is 18.0 Å². The second-order valence-corrected chi connectivity index (χ2v) is 3.35. The van der Waals surface area contributed by atoms with E-state index in [2.05, 4.69) is 10.1 Å². The molecule has 0 radical (unpaired) electrons. The predicted octanol–water partition coefficient (Wildman–Crippen LogP) is 2.48. The van der Waals surface area contributed by atoms with Crippen molar-refractivity contribution >= 4 is 0 Å². The molecule has 0 unspecified atom stereocenters. The van der Waals surface area contributed by atoms with Crippen LogP contribution in [-0.2, 0) is 12.7 Å². The molecule has 17 heavy (non-hydrogen) atoms. The van der Waals surface area contributed by atoms with Crippen LogP contribution in [0.2, 0.25) is 0 Å². The van der Waals surface area contributed by atoms with Crippen molar-refractivity contribution in [3.63, 3.8) is 0 Å². The number of pyridine rings is 1. The van der Waals surface area contributed by atoms with E-state index < -0.39 is 17.8 Å². The molecule has 0 aliphatic heterocycles. The number of halogens is 4. The highest BCUT2D eigenvalue weighted by molar-refractivity contribution is 5.12. The molecule has 3 nitrogen and oxygen atoms in total. The number of rotatable bonds is 2. The Hall–Kier alpha value is -1.92. The molecule has 0 bridgehead atoms. The second kappa shape index (κ2) is 4.15. The van der Waals surface area contributed by atoms with Gasteiger partial charge in [-0.05, 0) is 12.1 Å². The topological polar surface area (TPSA) is 30.7 Å². The van der Waals surface area contributed by atoms with Crippen LogP contribution in [0.5, 0.6) is 0 Å². The largest absolute Gasteiger partial charge is 0.435 e. The number of aromatic nitrogens is 3. The van der Waals surface area contributed by atoms with Gasteiger partial charge in [-0.1, -0.05) is 6.07 Å². The molecule has 2 heterocycles. The fraction of sp³-hybridized carbons (Fsp3) is 0.200. The van der Waals surface area contributed by atoms with Gasteiger partial charge in [0.15, 0.2) is 5.69 Å². The first-order valence-corrected chi connectivity index (χ1v) is 4.67. The first kappa shape index (κ1) is 11.6. The zero-order valence-electron chi connectivity index (χ0n) is 8.45. The average Bonchev–Trinajstić information content (AvgIpc) is 2.69. The molecule has 0 amide bonds. The summed E-state index contributed by atoms with van der Waals surface area (Å²) in [5, 5.41) is 3.32. The van der Waals surface area contributed by atoms with Crippen molar-refractivity contribution in [2.75, 3.05) is 0 Å². The Bertz CT molecular complexity index is 518. The Morgan fingerprint density at radius 1 is 1.24 bits per heavy atom. The SMILES string of the molecule is Fc1ncccc1Cn1ccc(C(F)(F)F)n1. The Labute approximate surface area is 93.7 Å². The fourth-order valence-electron chi connectivity index (χ4n) is 1.31. The standard InChI is InChI=1S/C10H7F4N3/c11-9-7(2-1-4-15-9)6-17-5-3-8(16-17)10(12,13)14/h1-5H,6H2. The van der Waals surface area contributed by atoms with Gasteiger partial charge in [0.05, 0.1) is 6.54 Å². The highest BCUT2D eigenvalue weighted by atomic mass is 19.4. The van der Waals surface area contributed by atoms with Crippen molar-refractivity contribution in [2.24, 2.45) is 0 Å². The third-order valence-electron chi connectivity index (χ3n) is 2.10. The quantitative estimate of drug-likeness (QED) is 0.601. The van der Waals surface area contributed by atoms with E-state index in [0.29, 0.717) is 0 Å². The maximum atomic E-state index is 13.1. The van der Waals surface area contributed by atoms with E-state index in [1.165, 1.54) is 18.3 Å². The minimum Gasteiger partial charge on any atom is -0.268 e. The lowest BCUT2D eigenvalue weighted by Gasteiger charge is -2.03. The molecule has 0 spiro atoms. The lowest BCUT2D eigenvalue weighted by Crippen LogP contribution is -2.09. The molecule has 0 aliphatic carbocycles. The molecule has 90 valence electrons. The van der Waals surface area contributed by atoms with Crippen molar-refractivity contribution in [3.8, 4) is 0 Å². The minimum atomic E-state index is -4.49. The van der Waals surface area contributed by atoms with Crippen LogP contribution >= 0.6 is 0 Å². The Morgan fingerprint density at radius 3 is 2.59 bits per heavy atom. The van der Waals surface area contributed by atoms with Crippen molar-refractivity contribution in [1.82, 2.24) is 14.8 Å². The lowest BCUT2D eigenvalue weighted by atomic mass is 10.3. The Morgan fingerprint density at radius 2 is 2.00 bits per heavy atom. The molecule has 0 atom stereocenters. The maximum Gasteiger partial charge on any atom is 0.435 e. The first-order valence-electron chi connectivity index (χ1n) is 4.67. The lowest BCUT2D eigenvalue weighted by molar-refractivity contribution is -0.141. The number of nitrogens with zero attached hydrogens (tertiary/aromatic N) is 3. The van der Waals surface area contributed by atoms with Crippen molar-refractivity contribution in [1.29, 1.82) is 0 Å². The Kier molecular flexibility index (Phi) is 2.83. The van der Waals surface area contributed by atoms with Crippen LogP contribution < -0.4 is 0 Å². The van der Waals surface area contributed by atoms with Crippen molar-refractivity contribution < 1.29 is 17.6 Å². The highest BCUT2D eigenvalue weighted by Gasteiger charge is 2.33. The molecular weight excluding hydrogens is 238 g/mol. The second-order valence-electron chi connectivity index (χ2n) is 3.35. The van der Waals surface area contributed by atoms with Crippen LogP contribution in [0, 0.1) is 5.95 Å². The monoisotopic (exact) mass is 245 g/mol. The molecule has 2 aromatic heterocycles. The summed E-state index contributed by atoms with van der Waals surface area (Å²) in [6, 6.07) is 3.79. The smallest absolute Gasteiger partial charge is 0.268 e. The first-order chi connectivity index (χ1) is 7.97. The number of alkyl halides is 3. The number of hydrogen-bond donors (Lipinski definition) is 0. The molecule has 0 aliphatic rings. The highest BCUT2D eigenvalue weighted by Crippen LogP contribution is 2.27. The minimum absolute atomic E-state index is 0.0875. The average molecular weight is 245 g/mol. The summed E-state index contributed by atoms with van der Waals surface area (Å²) in [6.45, 7) is -0.0875. The molecule has 2 aromatic rings. The zero-order valence-corrected chi connectivity index (χ0v) is 8.45. The van der Waals surface area contributed by atoms with E-state index >= 15 is 0 Å². The molecule has 0 N–H and O–H groups in total. The van der Waals surface area contributed by atoms with Crippen molar-refractivity contribution in [3.05, 3.63) is 47.8 Å². The summed E-state index contributed by atoms with van der Waals surface area (Å²) in [6.07, 6.45) is -2.07. The summed E-state index contributed by atoms with van der Waals surface area (Å²) in [5.41, 5.74) is -0.814. The van der Waals surface area contributed by atoms with Crippen LogP contribution in [0.4, 0.5) is 17.6 Å². The van der Waals surface area contributed by atoms with Gasteiger partial charge in [0.1, 0.15) is 0 Å². The molecule has 2 rings (SSSR count). The summed E-state index contributed by atoms with van der Waals surface area (Å²) in [5.74, 6) is -0.712. The molecule has 7 heteroatoms.